The van der Waals surface area contributed by atoms with E-state index in [2.05, 4.69) is 32.3 Å². The number of hydrogen-bond acceptors (Lipinski definition) is 5. The summed E-state index contributed by atoms with van der Waals surface area (Å²) in [5.41, 5.74) is 1.48. The maximum absolute atomic E-state index is 12.2. The van der Waals surface area contributed by atoms with Gasteiger partial charge in [-0.1, -0.05) is 31.4 Å². The molecule has 0 saturated heterocycles. The van der Waals surface area contributed by atoms with Crippen LogP contribution in [-0.4, -0.2) is 34.7 Å². The van der Waals surface area contributed by atoms with Crippen LogP contribution >= 0.6 is 11.6 Å². The predicted octanol–water partition coefficient (Wildman–Crippen LogP) is 1.76. The number of aryl methyl sites for hydroxylation is 2. The van der Waals surface area contributed by atoms with Gasteiger partial charge in [-0.2, -0.15) is 4.80 Å². The standard InChI is InChI=1S/C13H16ClN7O/c1-3-4-5-6-21-10-9(11-17-19-20(2)18-11)8(14)7-15-12(10)16-13(21)22/h7H,3-6H2,1-2H3,(H,15,16,22). The monoisotopic (exact) mass is 321 g/mol. The van der Waals surface area contributed by atoms with Crippen LogP contribution < -0.4 is 5.69 Å². The molecule has 0 atom stereocenters. The van der Waals surface area contributed by atoms with Crippen molar-refractivity contribution >= 4 is 22.8 Å². The highest BCUT2D eigenvalue weighted by molar-refractivity contribution is 6.34. The lowest BCUT2D eigenvalue weighted by Crippen LogP contribution is -2.17. The average molecular weight is 322 g/mol. The number of rotatable bonds is 5. The number of halogens is 1. The van der Waals surface area contributed by atoms with Crippen LogP contribution in [0.25, 0.3) is 22.6 Å². The van der Waals surface area contributed by atoms with Crippen LogP contribution in [0.3, 0.4) is 0 Å². The van der Waals surface area contributed by atoms with E-state index in [1.54, 1.807) is 11.6 Å². The topological polar surface area (TPSA) is 94.3 Å². The molecule has 3 rings (SSSR count). The molecule has 1 N–H and O–H groups in total. The Morgan fingerprint density at radius 2 is 2.18 bits per heavy atom. The van der Waals surface area contributed by atoms with E-state index in [1.165, 1.54) is 11.0 Å². The maximum atomic E-state index is 12.2. The summed E-state index contributed by atoms with van der Waals surface area (Å²) in [4.78, 5) is 20.5. The lowest BCUT2D eigenvalue weighted by molar-refractivity contribution is 0.601. The van der Waals surface area contributed by atoms with Gasteiger partial charge in [0.15, 0.2) is 5.65 Å². The first-order valence-electron chi connectivity index (χ1n) is 7.13. The molecule has 0 unspecified atom stereocenters. The Balaban J connectivity index is 2.21. The molecule has 0 radical (unpaired) electrons. The van der Waals surface area contributed by atoms with Crippen LogP contribution in [0.15, 0.2) is 11.0 Å². The fraction of sp³-hybridized carbons (Fsp3) is 0.462. The Kier molecular flexibility index (Phi) is 3.93. The molecule has 0 aliphatic carbocycles. The summed E-state index contributed by atoms with van der Waals surface area (Å²) < 4.78 is 1.65. The average Bonchev–Trinajstić information content (AvgIpc) is 3.04. The van der Waals surface area contributed by atoms with Gasteiger partial charge in [0.25, 0.3) is 0 Å². The van der Waals surface area contributed by atoms with E-state index in [1.807, 2.05) is 0 Å². The van der Waals surface area contributed by atoms with E-state index >= 15 is 0 Å². The molecule has 3 aromatic heterocycles. The largest absolute Gasteiger partial charge is 0.327 e. The number of H-pyrrole nitrogens is 1. The second-order valence-electron chi connectivity index (χ2n) is 5.07. The zero-order valence-electron chi connectivity index (χ0n) is 12.4. The summed E-state index contributed by atoms with van der Waals surface area (Å²) in [6, 6.07) is 0. The number of hydrogen-bond donors (Lipinski definition) is 1. The lowest BCUT2D eigenvalue weighted by Gasteiger charge is -2.06. The summed E-state index contributed by atoms with van der Waals surface area (Å²) in [7, 11) is 1.67. The molecule has 8 nitrogen and oxygen atoms in total. The third-order valence-corrected chi connectivity index (χ3v) is 3.75. The third-order valence-electron chi connectivity index (χ3n) is 3.46. The number of aromatic nitrogens is 7. The van der Waals surface area contributed by atoms with Crippen molar-refractivity contribution in [3.63, 3.8) is 0 Å². The third kappa shape index (κ3) is 2.50. The van der Waals surface area contributed by atoms with Crippen molar-refractivity contribution in [3.8, 4) is 11.4 Å². The van der Waals surface area contributed by atoms with Gasteiger partial charge in [0, 0.05) is 12.7 Å². The van der Waals surface area contributed by atoms with E-state index in [0.29, 0.717) is 34.1 Å². The molecule has 3 aromatic rings. The molecule has 116 valence electrons. The first kappa shape index (κ1) is 14.7. The number of tetrazole rings is 1. The SMILES string of the molecule is CCCCCn1c(=O)[nH]c2ncc(Cl)c(-c3nnn(C)n3)c21. The number of unbranched alkanes of at least 4 members (excludes halogenated alkanes) is 2. The molecule has 0 aliphatic heterocycles. The molecule has 0 amide bonds. The number of nitrogens with one attached hydrogen (secondary N) is 1. The number of aromatic amines is 1. The molecule has 0 fully saturated rings. The van der Waals surface area contributed by atoms with Gasteiger partial charge < -0.3 is 0 Å². The zero-order valence-corrected chi connectivity index (χ0v) is 13.1. The Labute approximate surface area is 131 Å². The maximum Gasteiger partial charge on any atom is 0.327 e. The smallest absolute Gasteiger partial charge is 0.290 e. The van der Waals surface area contributed by atoms with E-state index < -0.39 is 0 Å². The molecule has 0 bridgehead atoms. The van der Waals surface area contributed by atoms with Crippen LogP contribution in [0.4, 0.5) is 0 Å². The summed E-state index contributed by atoms with van der Waals surface area (Å²) in [6.45, 7) is 2.72. The minimum Gasteiger partial charge on any atom is -0.290 e. The molecule has 22 heavy (non-hydrogen) atoms. The molecule has 0 aliphatic rings. The van der Waals surface area contributed by atoms with Crippen molar-refractivity contribution < 1.29 is 0 Å². The van der Waals surface area contributed by atoms with Crippen LogP contribution in [-0.2, 0) is 13.6 Å². The molecule has 0 saturated carbocycles. The molecular weight excluding hydrogens is 306 g/mol. The van der Waals surface area contributed by atoms with Gasteiger partial charge in [0.05, 0.1) is 17.6 Å². The number of imidazole rings is 1. The highest BCUT2D eigenvalue weighted by Gasteiger charge is 2.20. The summed E-state index contributed by atoms with van der Waals surface area (Å²) >= 11 is 6.28. The second-order valence-corrected chi connectivity index (χ2v) is 5.48. The Bertz CT molecular complexity index is 863. The van der Waals surface area contributed by atoms with Crippen LogP contribution in [0.5, 0.6) is 0 Å². The van der Waals surface area contributed by atoms with E-state index in [-0.39, 0.29) is 5.69 Å². The Morgan fingerprint density at radius 3 is 2.86 bits per heavy atom. The lowest BCUT2D eigenvalue weighted by atomic mass is 10.2. The molecular formula is C13H16ClN7O. The Hall–Kier alpha value is -2.22. The van der Waals surface area contributed by atoms with Crippen molar-refractivity contribution in [1.29, 1.82) is 0 Å². The zero-order chi connectivity index (χ0) is 15.7. The number of pyridine rings is 1. The normalized spacial score (nSPS) is 11.4. The first-order chi connectivity index (χ1) is 10.6. The number of fused-ring (bicyclic) bond motifs is 1. The Morgan fingerprint density at radius 1 is 1.36 bits per heavy atom. The molecule has 0 spiro atoms. The second kappa shape index (κ2) is 5.88. The summed E-state index contributed by atoms with van der Waals surface area (Å²) in [5, 5.41) is 12.4. The van der Waals surface area contributed by atoms with Gasteiger partial charge >= 0.3 is 5.69 Å². The minimum atomic E-state index is -0.203. The van der Waals surface area contributed by atoms with Crippen molar-refractivity contribution in [2.75, 3.05) is 0 Å². The highest BCUT2D eigenvalue weighted by atomic mass is 35.5. The molecule has 0 aromatic carbocycles. The fourth-order valence-corrected chi connectivity index (χ4v) is 2.66. The van der Waals surface area contributed by atoms with Crippen molar-refractivity contribution in [2.45, 2.75) is 32.7 Å². The van der Waals surface area contributed by atoms with Crippen molar-refractivity contribution in [3.05, 3.63) is 21.7 Å². The van der Waals surface area contributed by atoms with E-state index in [4.69, 9.17) is 11.6 Å². The van der Waals surface area contributed by atoms with Crippen LogP contribution in [0.2, 0.25) is 5.02 Å². The van der Waals surface area contributed by atoms with Gasteiger partial charge in [0.1, 0.15) is 5.52 Å². The highest BCUT2D eigenvalue weighted by Crippen LogP contribution is 2.30. The quantitative estimate of drug-likeness (QED) is 0.722. The van der Waals surface area contributed by atoms with Crippen LogP contribution in [0.1, 0.15) is 26.2 Å². The molecule has 3 heterocycles. The summed E-state index contributed by atoms with van der Waals surface area (Å²) in [6.07, 6.45) is 4.52. The van der Waals surface area contributed by atoms with Gasteiger partial charge in [-0.05, 0) is 11.6 Å². The minimum absolute atomic E-state index is 0.203. The van der Waals surface area contributed by atoms with Gasteiger partial charge in [-0.15, -0.1) is 10.2 Å². The van der Waals surface area contributed by atoms with Crippen LogP contribution in [0, 0.1) is 0 Å². The summed E-state index contributed by atoms with van der Waals surface area (Å²) in [5.74, 6) is 0.378. The van der Waals surface area contributed by atoms with Gasteiger partial charge in [-0.3, -0.25) is 9.55 Å². The van der Waals surface area contributed by atoms with E-state index in [9.17, 15) is 4.79 Å². The predicted molar refractivity (Wildman–Crippen MR) is 82.7 cm³/mol. The molecule has 9 heteroatoms. The van der Waals surface area contributed by atoms with E-state index in [0.717, 1.165) is 19.3 Å². The van der Waals surface area contributed by atoms with Gasteiger partial charge in [-0.25, -0.2) is 9.78 Å². The number of nitrogens with zero attached hydrogens (tertiary/aromatic N) is 6. The van der Waals surface area contributed by atoms with Crippen molar-refractivity contribution in [1.82, 2.24) is 34.7 Å². The van der Waals surface area contributed by atoms with Gasteiger partial charge in [0.2, 0.25) is 5.82 Å². The van der Waals surface area contributed by atoms with Crippen molar-refractivity contribution in [2.24, 2.45) is 7.05 Å². The first-order valence-corrected chi connectivity index (χ1v) is 7.51. The fourth-order valence-electron chi connectivity index (χ4n) is 2.43.